The summed E-state index contributed by atoms with van der Waals surface area (Å²) >= 11 is 6.26. The van der Waals surface area contributed by atoms with Gasteiger partial charge in [-0.05, 0) is 162 Å². The van der Waals surface area contributed by atoms with Gasteiger partial charge in [0.25, 0.3) is 0 Å². The normalized spacial score (nSPS) is 14.8. The number of carbonyl (C=O) groups excluding carboxylic acids is 11. The predicted octanol–water partition coefficient (Wildman–Crippen LogP) is 2.27. The van der Waals surface area contributed by atoms with Gasteiger partial charge in [-0.15, -0.1) is 0 Å². The first-order chi connectivity index (χ1) is 53.7. The summed E-state index contributed by atoms with van der Waals surface area (Å²) in [4.78, 5) is 172. The summed E-state index contributed by atoms with van der Waals surface area (Å²) in [7, 11) is 0. The molecule has 0 unspecified atom stereocenters. The summed E-state index contributed by atoms with van der Waals surface area (Å²) in [5.41, 5.74) is 7.61. The molecule has 1 saturated heterocycles. The number of hydrogen-bond donors (Lipinski definition) is 16. The van der Waals surface area contributed by atoms with Gasteiger partial charge in [-0.25, -0.2) is 0 Å². The van der Waals surface area contributed by atoms with E-state index in [2.05, 4.69) is 84.1 Å². The maximum Gasteiger partial charge on any atom is 0.245 e. The predicted molar refractivity (Wildman–Crippen MR) is 429 cm³/mol. The minimum atomic E-state index is -1.82. The molecule has 11 amide bonds. The Hall–Kier alpha value is -10.9. The zero-order valence-electron chi connectivity index (χ0n) is 65.3. The van der Waals surface area contributed by atoms with Crippen molar-refractivity contribution in [2.45, 2.75) is 199 Å². The number of hydrogen-bond acceptors (Lipinski definition) is 16. The van der Waals surface area contributed by atoms with Crippen LogP contribution in [0, 0.1) is 5.92 Å². The van der Waals surface area contributed by atoms with Crippen LogP contribution in [-0.4, -0.2) is 210 Å². The Morgan fingerprint density at radius 3 is 1.47 bits per heavy atom. The van der Waals surface area contributed by atoms with E-state index in [1.54, 1.807) is 36.4 Å². The number of carbonyl (C=O) groups is 11. The molecule has 2 heterocycles. The van der Waals surface area contributed by atoms with E-state index in [9.17, 15) is 53.4 Å². The molecule has 0 saturated carbocycles. The molecule has 31 nitrogen and oxygen atoms in total. The number of amides is 11. The Morgan fingerprint density at radius 1 is 0.518 bits per heavy atom. The molecule has 1 aliphatic rings. The van der Waals surface area contributed by atoms with Crippen LogP contribution >= 0.6 is 11.6 Å². The van der Waals surface area contributed by atoms with Gasteiger partial charge in [0.15, 0.2) is 11.9 Å². The van der Waals surface area contributed by atoms with Crippen LogP contribution < -0.4 is 74.9 Å². The average molecular weight is 1570 g/mol. The Balaban J connectivity index is 1.29. The zero-order valence-corrected chi connectivity index (χ0v) is 66.1. The van der Waals surface area contributed by atoms with Crippen molar-refractivity contribution in [1.82, 2.24) is 79.0 Å². The van der Waals surface area contributed by atoms with Crippen molar-refractivity contribution in [2.24, 2.45) is 21.6 Å². The third kappa shape index (κ3) is 30.4. The molecule has 0 bridgehead atoms. The monoisotopic (exact) mass is 1570 g/mol. The number of aromatic nitrogens is 1. The van der Waals surface area contributed by atoms with Gasteiger partial charge in [-0.1, -0.05) is 98.2 Å². The molecule has 6 rings (SSSR count). The zero-order chi connectivity index (χ0) is 81.7. The van der Waals surface area contributed by atoms with E-state index in [4.69, 9.17) is 17.3 Å². The highest BCUT2D eigenvalue weighted by Gasteiger charge is 2.40. The van der Waals surface area contributed by atoms with Crippen LogP contribution in [0.5, 0.6) is 5.75 Å². The highest BCUT2D eigenvalue weighted by molar-refractivity contribution is 6.30. The van der Waals surface area contributed by atoms with Crippen molar-refractivity contribution in [1.29, 1.82) is 0 Å². The minimum Gasteiger partial charge on any atom is -0.508 e. The van der Waals surface area contributed by atoms with Crippen LogP contribution in [0.15, 0.2) is 126 Å². The third-order valence-electron chi connectivity index (χ3n) is 18.5. The number of phenols is 1. The number of likely N-dealkylation sites (tertiary alicyclic amines) is 1. The van der Waals surface area contributed by atoms with Gasteiger partial charge in [-0.3, -0.25) is 67.7 Å². The van der Waals surface area contributed by atoms with Gasteiger partial charge in [0, 0.05) is 95.8 Å². The summed E-state index contributed by atoms with van der Waals surface area (Å²) in [5, 5.41) is 60.9. The van der Waals surface area contributed by atoms with Crippen LogP contribution in [0.4, 0.5) is 0 Å². The third-order valence-corrected chi connectivity index (χ3v) is 18.7. The minimum absolute atomic E-state index is 0.0365. The molecule has 1 aromatic heterocycles. The number of primary amides is 1. The number of unbranched alkanes of at least 4 members (excludes halogenated alkanes) is 2. The fraction of sp³-hybridized carbons (Fsp3) is 0.500. The first kappa shape index (κ1) is 89.9. The molecule has 608 valence electrons. The molecule has 17 N–H and O–H groups in total. The van der Waals surface area contributed by atoms with E-state index >= 15 is 9.59 Å². The average Bonchev–Trinajstić information content (AvgIpc) is 1.06. The lowest BCUT2D eigenvalue weighted by molar-refractivity contribution is -0.142. The maximum atomic E-state index is 15.2. The number of rotatable bonds is 44. The number of pyridine rings is 1. The van der Waals surface area contributed by atoms with Crippen LogP contribution in [-0.2, 0) is 78.4 Å². The van der Waals surface area contributed by atoms with Crippen molar-refractivity contribution in [2.75, 3.05) is 52.4 Å². The van der Waals surface area contributed by atoms with Crippen molar-refractivity contribution in [3.8, 4) is 5.75 Å². The summed E-state index contributed by atoms with van der Waals surface area (Å²) in [6.45, 7) is 16.3. The molecule has 0 spiro atoms. The van der Waals surface area contributed by atoms with E-state index in [1.165, 1.54) is 55.4 Å². The number of nitrogens with two attached hydrogens (primary N) is 1. The highest BCUT2D eigenvalue weighted by Crippen LogP contribution is 2.23. The number of aliphatic hydroxyl groups is 1. The Labute approximate surface area is 660 Å². The Bertz CT molecular complexity index is 3970. The van der Waals surface area contributed by atoms with Crippen molar-refractivity contribution in [3.63, 3.8) is 0 Å². The Morgan fingerprint density at radius 2 is 0.964 bits per heavy atom. The SMILES string of the molecule is CCNC(=NCCCC[C@H](NC(=O)[C@H](CC(C)C)NC(=O)[C@@H](CCCCN=C(NCC)NCC)NC(=O)[C@H](Cc1ccc(O)cc1)NC(=O)[C@H](CO)NC(=O)[C@@H](Cc1cccnc1)NC(=O)[C@@H](Cc1ccc(Cl)cc1)NC(=O)[C@@H](Cc1ccc2ccccc2c1)NC(C)=O)C(=O)N1CCC[C@@H]1C(=O)N[C@H](C)C(N)=O)NCC. The van der Waals surface area contributed by atoms with Gasteiger partial charge in [0.05, 0.1) is 6.61 Å². The molecule has 0 aliphatic carbocycles. The smallest absolute Gasteiger partial charge is 0.245 e. The van der Waals surface area contributed by atoms with Gasteiger partial charge in [0.2, 0.25) is 65.0 Å². The second kappa shape index (κ2) is 47.3. The van der Waals surface area contributed by atoms with Crippen LogP contribution in [0.3, 0.4) is 0 Å². The number of benzene rings is 4. The lowest BCUT2D eigenvalue weighted by atomic mass is 9.99. The molecule has 10 atom stereocenters. The molecular formula is C80H113ClN18O13. The van der Waals surface area contributed by atoms with Gasteiger partial charge in [0.1, 0.15) is 66.2 Å². The Kier molecular flexibility index (Phi) is 38.0. The largest absolute Gasteiger partial charge is 0.508 e. The summed E-state index contributed by atoms with van der Waals surface area (Å²) in [6.07, 6.45) is 4.77. The van der Waals surface area contributed by atoms with Gasteiger partial charge >= 0.3 is 0 Å². The van der Waals surface area contributed by atoms with Crippen molar-refractivity contribution >= 4 is 99.3 Å². The van der Waals surface area contributed by atoms with E-state index in [1.807, 2.05) is 84.0 Å². The van der Waals surface area contributed by atoms with Crippen LogP contribution in [0.2, 0.25) is 5.02 Å². The number of phenolic OH excluding ortho intramolecular Hbond substituents is 1. The van der Waals surface area contributed by atoms with E-state index in [0.717, 1.165) is 10.8 Å². The molecule has 112 heavy (non-hydrogen) atoms. The molecule has 4 aromatic carbocycles. The lowest BCUT2D eigenvalue weighted by Gasteiger charge is -2.31. The molecular weight excluding hydrogens is 1460 g/mol. The van der Waals surface area contributed by atoms with Gasteiger partial charge in [-0.2, -0.15) is 0 Å². The number of fused-ring (bicyclic) bond motifs is 1. The summed E-state index contributed by atoms with van der Waals surface area (Å²) in [6, 6.07) is 15.3. The lowest BCUT2D eigenvalue weighted by Crippen LogP contribution is -2.61. The molecule has 1 fully saturated rings. The van der Waals surface area contributed by atoms with E-state index in [0.29, 0.717) is 104 Å². The number of aromatic hydroxyl groups is 1. The van der Waals surface area contributed by atoms with E-state index in [-0.39, 0.29) is 76.0 Å². The maximum absolute atomic E-state index is 15.2. The van der Waals surface area contributed by atoms with E-state index < -0.39 is 132 Å². The highest BCUT2D eigenvalue weighted by atomic mass is 35.5. The van der Waals surface area contributed by atoms with Gasteiger partial charge < -0.3 is 90.0 Å². The van der Waals surface area contributed by atoms with Crippen LogP contribution in [0.25, 0.3) is 10.8 Å². The quantitative estimate of drug-likeness (QED) is 0.0151. The molecule has 5 aromatic rings. The number of aliphatic imine (C=N–C) groups is 2. The first-order valence-corrected chi connectivity index (χ1v) is 38.9. The van der Waals surface area contributed by atoms with Crippen molar-refractivity contribution in [3.05, 3.63) is 143 Å². The first-order valence-electron chi connectivity index (χ1n) is 38.6. The summed E-state index contributed by atoms with van der Waals surface area (Å²) < 4.78 is 0. The number of halogens is 1. The fourth-order valence-corrected chi connectivity index (χ4v) is 12.8. The topological polar surface area (TPSA) is 451 Å². The standard InChI is InChI=1S/C80H113ClN18O13/c1-9-84-79(85-10-2)88-38-17-15-24-60(70(104)94-62(41-49(5)6)71(105)93-61(25-16-18-39-89-80(86-11-3)87-12-4)78(112)99-40-20-26-68(99)77(111)90-50(7)69(82)103)92-73(107)64(44-53-30-35-59(102)36-31-53)97-76(110)67(48-100)98-75(109)66(46-55-21-19-37-83-47-55)96-74(108)65(43-52-28-33-58(81)34-29-52)95-72(106)63(91-51(8)101)45-54-27-32-56-22-13-14-23-57(56)42-54/h13-14,19,21-23,27-37,42,47,49-50,60-68,100,102H,9-12,15-18,20,24-26,38-41,43-46,48H2,1-8H3,(H2,82,103)(H,90,111)(H,91,101)(H,92,107)(H,93,105)(H,94,104)(H,95,106)(H,96,108)(H,97,110)(H,98,109)(H2,84,85,88)(H2,86,87,89)/t50-,60-,61+,62+,63-,64+,65-,66-,67+,68-/m1/s1. The number of aliphatic hydroxyl groups excluding tert-OH is 1. The molecule has 1 aliphatic heterocycles. The number of nitrogens with one attached hydrogen (secondary N) is 13. The summed E-state index contributed by atoms with van der Waals surface area (Å²) in [5.74, 6) is -7.72. The van der Waals surface area contributed by atoms with Crippen molar-refractivity contribution < 1.29 is 63.0 Å². The number of guanidine groups is 2. The molecule has 32 heteroatoms. The molecule has 0 radical (unpaired) electrons. The number of nitrogens with zero attached hydrogens (tertiary/aromatic N) is 4. The second-order valence-corrected chi connectivity index (χ2v) is 28.5. The fourth-order valence-electron chi connectivity index (χ4n) is 12.7. The van der Waals surface area contributed by atoms with Crippen LogP contribution in [0.1, 0.15) is 135 Å². The second-order valence-electron chi connectivity index (χ2n) is 28.0.